The molecule has 96 valence electrons. The maximum absolute atomic E-state index is 11.8. The van der Waals surface area contributed by atoms with Crippen molar-refractivity contribution in [1.29, 1.82) is 0 Å². The Bertz CT molecular complexity index is 429. The number of nitrogens with one attached hydrogen (secondary N) is 2. The van der Waals surface area contributed by atoms with E-state index in [9.17, 15) is 8.42 Å². The van der Waals surface area contributed by atoms with Crippen LogP contribution in [0, 0.1) is 0 Å². The summed E-state index contributed by atoms with van der Waals surface area (Å²) in [6.07, 6.45) is 1.95. The largest absolute Gasteiger partial charge is 0.316 e. The minimum Gasteiger partial charge on any atom is -0.316 e. The van der Waals surface area contributed by atoms with Gasteiger partial charge in [0.1, 0.15) is 0 Å². The predicted octanol–water partition coefficient (Wildman–Crippen LogP) is 1.05. The molecule has 0 spiro atoms. The first kappa shape index (κ1) is 14.5. The Morgan fingerprint density at radius 2 is 1.88 bits per heavy atom. The van der Waals surface area contributed by atoms with Crippen molar-refractivity contribution in [1.82, 2.24) is 10.0 Å². The van der Waals surface area contributed by atoms with E-state index >= 15 is 0 Å². The normalized spacial score (nSPS) is 11.6. The first-order valence-electron chi connectivity index (χ1n) is 5.32. The highest BCUT2D eigenvalue weighted by Crippen LogP contribution is 2.10. The summed E-state index contributed by atoms with van der Waals surface area (Å²) in [5.74, 6) is 0.775. The molecule has 0 amide bonds. The number of sulfonamides is 1. The Balaban J connectivity index is 2.71. The van der Waals surface area contributed by atoms with Gasteiger partial charge in [-0.2, -0.15) is 11.8 Å². The molecule has 4 nitrogen and oxygen atoms in total. The SMILES string of the molecule is CNCc1ccc(S(=O)(=O)NCCSC)cc1. The molecule has 6 heteroatoms. The first-order valence-corrected chi connectivity index (χ1v) is 8.20. The predicted molar refractivity (Wildman–Crippen MR) is 72.8 cm³/mol. The van der Waals surface area contributed by atoms with E-state index in [-0.39, 0.29) is 0 Å². The number of benzene rings is 1. The Hall–Kier alpha value is -0.560. The highest BCUT2D eigenvalue weighted by atomic mass is 32.2. The molecule has 17 heavy (non-hydrogen) atoms. The third kappa shape index (κ3) is 4.67. The lowest BCUT2D eigenvalue weighted by Gasteiger charge is -2.07. The summed E-state index contributed by atoms with van der Waals surface area (Å²) in [5, 5.41) is 3.02. The van der Waals surface area contributed by atoms with E-state index in [0.717, 1.165) is 17.9 Å². The minimum atomic E-state index is -3.35. The van der Waals surface area contributed by atoms with E-state index in [1.54, 1.807) is 23.9 Å². The van der Waals surface area contributed by atoms with Crippen molar-refractivity contribution in [3.8, 4) is 0 Å². The van der Waals surface area contributed by atoms with Crippen LogP contribution in [0.1, 0.15) is 5.56 Å². The zero-order valence-electron chi connectivity index (χ0n) is 10.1. The van der Waals surface area contributed by atoms with Gasteiger partial charge in [0.25, 0.3) is 0 Å². The number of hydrogen-bond donors (Lipinski definition) is 2. The molecule has 0 aliphatic rings. The molecule has 0 radical (unpaired) electrons. The maximum Gasteiger partial charge on any atom is 0.240 e. The van der Waals surface area contributed by atoms with E-state index in [0.29, 0.717) is 11.4 Å². The van der Waals surface area contributed by atoms with Crippen molar-refractivity contribution >= 4 is 21.8 Å². The lowest BCUT2D eigenvalue weighted by molar-refractivity contribution is 0.584. The average Bonchev–Trinajstić information content (AvgIpc) is 2.30. The van der Waals surface area contributed by atoms with E-state index in [1.165, 1.54) is 0 Å². The van der Waals surface area contributed by atoms with Gasteiger partial charge < -0.3 is 5.32 Å². The minimum absolute atomic E-state index is 0.318. The van der Waals surface area contributed by atoms with Crippen molar-refractivity contribution in [2.45, 2.75) is 11.4 Å². The average molecular weight is 274 g/mol. The van der Waals surface area contributed by atoms with Gasteiger partial charge in [0.05, 0.1) is 4.90 Å². The van der Waals surface area contributed by atoms with Gasteiger partial charge in [0.2, 0.25) is 10.0 Å². The fraction of sp³-hybridized carbons (Fsp3) is 0.455. The van der Waals surface area contributed by atoms with Crippen LogP contribution in [0.2, 0.25) is 0 Å². The zero-order chi connectivity index (χ0) is 12.7. The van der Waals surface area contributed by atoms with Gasteiger partial charge in [0.15, 0.2) is 0 Å². The highest BCUT2D eigenvalue weighted by Gasteiger charge is 2.12. The van der Waals surface area contributed by atoms with Crippen LogP contribution in [0.15, 0.2) is 29.2 Å². The lowest BCUT2D eigenvalue weighted by atomic mass is 10.2. The van der Waals surface area contributed by atoms with Crippen LogP contribution < -0.4 is 10.0 Å². The molecule has 1 aromatic carbocycles. The molecule has 0 aliphatic carbocycles. The van der Waals surface area contributed by atoms with Crippen LogP contribution in [0.3, 0.4) is 0 Å². The van der Waals surface area contributed by atoms with Crippen molar-refractivity contribution < 1.29 is 8.42 Å². The molecule has 0 heterocycles. The van der Waals surface area contributed by atoms with Crippen molar-refractivity contribution in [3.63, 3.8) is 0 Å². The topological polar surface area (TPSA) is 58.2 Å². The molecule has 0 aliphatic heterocycles. The van der Waals surface area contributed by atoms with Crippen LogP contribution >= 0.6 is 11.8 Å². The van der Waals surface area contributed by atoms with Crippen LogP contribution in [0.5, 0.6) is 0 Å². The Morgan fingerprint density at radius 3 is 2.41 bits per heavy atom. The fourth-order valence-electron chi connectivity index (χ4n) is 1.35. The standard InChI is InChI=1S/C11H18N2O2S2/c1-12-9-10-3-5-11(6-4-10)17(14,15)13-7-8-16-2/h3-6,12-13H,7-9H2,1-2H3. The molecule has 0 saturated heterocycles. The summed E-state index contributed by atoms with van der Waals surface area (Å²) < 4.78 is 26.2. The molecule has 0 fully saturated rings. The molecule has 1 aromatic rings. The van der Waals surface area contributed by atoms with Crippen LogP contribution in [-0.2, 0) is 16.6 Å². The van der Waals surface area contributed by atoms with E-state index in [4.69, 9.17) is 0 Å². The van der Waals surface area contributed by atoms with Crippen molar-refractivity contribution in [2.75, 3.05) is 25.6 Å². The van der Waals surface area contributed by atoms with Gasteiger partial charge >= 0.3 is 0 Å². The summed E-state index contributed by atoms with van der Waals surface area (Å²) in [6.45, 7) is 1.20. The maximum atomic E-state index is 11.8. The molecule has 0 bridgehead atoms. The second-order valence-electron chi connectivity index (χ2n) is 3.56. The third-order valence-corrected chi connectivity index (χ3v) is 4.30. The molecule has 0 unspecified atom stereocenters. The summed E-state index contributed by atoms with van der Waals surface area (Å²) >= 11 is 1.61. The Kier molecular flexibility index (Phi) is 5.97. The second kappa shape index (κ2) is 7.00. The third-order valence-electron chi connectivity index (χ3n) is 2.21. The molecule has 0 aromatic heterocycles. The summed E-state index contributed by atoms with van der Waals surface area (Å²) in [7, 11) is -1.49. The van der Waals surface area contributed by atoms with Crippen LogP contribution in [0.4, 0.5) is 0 Å². The van der Waals surface area contributed by atoms with Crippen LogP contribution in [-0.4, -0.2) is 34.0 Å². The lowest BCUT2D eigenvalue weighted by Crippen LogP contribution is -2.26. The molecular formula is C11H18N2O2S2. The highest BCUT2D eigenvalue weighted by molar-refractivity contribution is 7.98. The fourth-order valence-corrected chi connectivity index (χ4v) is 2.82. The van der Waals surface area contributed by atoms with Crippen LogP contribution in [0.25, 0.3) is 0 Å². The van der Waals surface area contributed by atoms with E-state index < -0.39 is 10.0 Å². The molecule has 0 atom stereocenters. The molecule has 2 N–H and O–H groups in total. The monoisotopic (exact) mass is 274 g/mol. The number of thioether (sulfide) groups is 1. The summed E-state index contributed by atoms with van der Waals surface area (Å²) in [5.41, 5.74) is 1.07. The number of rotatable bonds is 7. The molecular weight excluding hydrogens is 256 g/mol. The summed E-state index contributed by atoms with van der Waals surface area (Å²) in [6, 6.07) is 6.90. The smallest absolute Gasteiger partial charge is 0.240 e. The second-order valence-corrected chi connectivity index (χ2v) is 6.32. The summed E-state index contributed by atoms with van der Waals surface area (Å²) in [4.78, 5) is 0.318. The molecule has 1 rings (SSSR count). The van der Waals surface area contributed by atoms with Gasteiger partial charge in [-0.25, -0.2) is 13.1 Å². The first-order chi connectivity index (χ1) is 8.10. The van der Waals surface area contributed by atoms with E-state index in [1.807, 2.05) is 25.4 Å². The zero-order valence-corrected chi connectivity index (χ0v) is 11.7. The quantitative estimate of drug-likeness (QED) is 0.730. The number of hydrogen-bond acceptors (Lipinski definition) is 4. The Morgan fingerprint density at radius 1 is 1.24 bits per heavy atom. The molecule has 0 saturated carbocycles. The van der Waals surface area contributed by atoms with Gasteiger partial charge in [-0.05, 0) is 31.0 Å². The van der Waals surface area contributed by atoms with Gasteiger partial charge in [-0.15, -0.1) is 0 Å². The van der Waals surface area contributed by atoms with Crippen molar-refractivity contribution in [2.24, 2.45) is 0 Å². The van der Waals surface area contributed by atoms with Gasteiger partial charge in [-0.1, -0.05) is 12.1 Å². The Labute approximate surface area is 107 Å². The van der Waals surface area contributed by atoms with Gasteiger partial charge in [-0.3, -0.25) is 0 Å². The van der Waals surface area contributed by atoms with Gasteiger partial charge in [0, 0.05) is 18.8 Å². The van der Waals surface area contributed by atoms with E-state index in [2.05, 4.69) is 10.0 Å². The van der Waals surface area contributed by atoms with Crippen molar-refractivity contribution in [3.05, 3.63) is 29.8 Å².